The molecule has 110 valence electrons. The van der Waals surface area contributed by atoms with Gasteiger partial charge in [-0.3, -0.25) is 4.79 Å². The van der Waals surface area contributed by atoms with Crippen LogP contribution in [0.15, 0.2) is 18.2 Å². The molecule has 0 aromatic heterocycles. The van der Waals surface area contributed by atoms with Gasteiger partial charge in [-0.2, -0.15) is 0 Å². The Morgan fingerprint density at radius 2 is 2.45 bits per heavy atom. The highest BCUT2D eigenvalue weighted by Gasteiger charge is 2.17. The highest BCUT2D eigenvalue weighted by atomic mass is 35.5. The van der Waals surface area contributed by atoms with E-state index in [0.717, 1.165) is 6.54 Å². The Hall–Kier alpha value is -1.30. The SMILES string of the molecule is CCOc1ccc(NC(=O)CC2COCCN2)cc1Cl. The highest BCUT2D eigenvalue weighted by Crippen LogP contribution is 2.27. The lowest BCUT2D eigenvalue weighted by Gasteiger charge is -2.23. The van der Waals surface area contributed by atoms with Gasteiger partial charge >= 0.3 is 0 Å². The van der Waals surface area contributed by atoms with Crippen LogP contribution in [0.1, 0.15) is 13.3 Å². The van der Waals surface area contributed by atoms with Crippen LogP contribution in [0.2, 0.25) is 5.02 Å². The van der Waals surface area contributed by atoms with E-state index in [1.54, 1.807) is 18.2 Å². The molecule has 1 saturated heterocycles. The molecule has 1 aliphatic rings. The second kappa shape index (κ2) is 7.47. The third-order valence-electron chi connectivity index (χ3n) is 2.95. The van der Waals surface area contributed by atoms with Crippen molar-refractivity contribution in [2.45, 2.75) is 19.4 Å². The number of benzene rings is 1. The minimum Gasteiger partial charge on any atom is -0.492 e. The Bertz CT molecular complexity index is 462. The van der Waals surface area contributed by atoms with Gasteiger partial charge in [0, 0.05) is 24.7 Å². The summed E-state index contributed by atoms with van der Waals surface area (Å²) in [4.78, 5) is 11.9. The largest absolute Gasteiger partial charge is 0.492 e. The highest BCUT2D eigenvalue weighted by molar-refractivity contribution is 6.32. The molecule has 0 bridgehead atoms. The van der Waals surface area contributed by atoms with Crippen molar-refractivity contribution >= 4 is 23.2 Å². The Labute approximate surface area is 123 Å². The molecule has 20 heavy (non-hydrogen) atoms. The van der Waals surface area contributed by atoms with Gasteiger partial charge in [0.1, 0.15) is 5.75 Å². The summed E-state index contributed by atoms with van der Waals surface area (Å²) in [7, 11) is 0. The molecular weight excluding hydrogens is 280 g/mol. The molecule has 1 amide bonds. The summed E-state index contributed by atoms with van der Waals surface area (Å²) in [5, 5.41) is 6.56. The van der Waals surface area contributed by atoms with Gasteiger partial charge in [0.25, 0.3) is 0 Å². The summed E-state index contributed by atoms with van der Waals surface area (Å²) < 4.78 is 10.7. The minimum atomic E-state index is -0.0618. The van der Waals surface area contributed by atoms with Crippen LogP contribution in [0.5, 0.6) is 5.75 Å². The molecule has 1 fully saturated rings. The lowest BCUT2D eigenvalue weighted by molar-refractivity contribution is -0.117. The van der Waals surface area contributed by atoms with E-state index in [2.05, 4.69) is 10.6 Å². The van der Waals surface area contributed by atoms with Crippen LogP contribution in [0.4, 0.5) is 5.69 Å². The number of carbonyl (C=O) groups excluding carboxylic acids is 1. The fourth-order valence-corrected chi connectivity index (χ4v) is 2.27. The van der Waals surface area contributed by atoms with Gasteiger partial charge in [-0.1, -0.05) is 11.6 Å². The molecule has 5 nitrogen and oxygen atoms in total. The van der Waals surface area contributed by atoms with Crippen LogP contribution < -0.4 is 15.4 Å². The van der Waals surface area contributed by atoms with E-state index in [1.165, 1.54) is 0 Å². The van der Waals surface area contributed by atoms with Crippen LogP contribution in [-0.2, 0) is 9.53 Å². The van der Waals surface area contributed by atoms with Gasteiger partial charge in [-0.25, -0.2) is 0 Å². The molecule has 0 radical (unpaired) electrons. The Balaban J connectivity index is 1.88. The van der Waals surface area contributed by atoms with Crippen molar-refractivity contribution in [3.63, 3.8) is 0 Å². The quantitative estimate of drug-likeness (QED) is 0.873. The number of halogens is 1. The average Bonchev–Trinajstić information content (AvgIpc) is 2.43. The van der Waals surface area contributed by atoms with Crippen molar-refractivity contribution in [3.05, 3.63) is 23.2 Å². The Morgan fingerprint density at radius 1 is 1.60 bits per heavy atom. The fourth-order valence-electron chi connectivity index (χ4n) is 2.04. The standard InChI is InChI=1S/C14H19ClN2O3/c1-2-20-13-4-3-10(7-12(13)15)17-14(18)8-11-9-19-6-5-16-11/h3-4,7,11,16H,2,5-6,8-9H2,1H3,(H,17,18). The topological polar surface area (TPSA) is 59.6 Å². The molecule has 2 rings (SSSR count). The van der Waals surface area contributed by atoms with Gasteiger partial charge < -0.3 is 20.1 Å². The van der Waals surface area contributed by atoms with Crippen molar-refractivity contribution in [1.82, 2.24) is 5.32 Å². The molecule has 1 aliphatic heterocycles. The van der Waals surface area contributed by atoms with Gasteiger partial charge in [0.2, 0.25) is 5.91 Å². The number of hydrogen-bond acceptors (Lipinski definition) is 4. The molecular formula is C14H19ClN2O3. The van der Waals surface area contributed by atoms with E-state index < -0.39 is 0 Å². The van der Waals surface area contributed by atoms with Gasteiger partial charge in [0.05, 0.1) is 24.8 Å². The van der Waals surface area contributed by atoms with Crippen molar-refractivity contribution in [2.24, 2.45) is 0 Å². The van der Waals surface area contributed by atoms with Crippen LogP contribution in [0.25, 0.3) is 0 Å². The summed E-state index contributed by atoms with van der Waals surface area (Å²) in [6, 6.07) is 5.29. The third kappa shape index (κ3) is 4.37. The van der Waals surface area contributed by atoms with Crippen LogP contribution in [-0.4, -0.2) is 38.3 Å². The minimum absolute atomic E-state index is 0.0618. The van der Waals surface area contributed by atoms with Crippen LogP contribution in [0.3, 0.4) is 0 Å². The number of nitrogens with one attached hydrogen (secondary N) is 2. The number of ether oxygens (including phenoxy) is 2. The summed E-state index contributed by atoms with van der Waals surface area (Å²) in [5.41, 5.74) is 0.667. The molecule has 0 saturated carbocycles. The van der Waals surface area contributed by atoms with E-state index in [9.17, 15) is 4.79 Å². The zero-order chi connectivity index (χ0) is 14.4. The summed E-state index contributed by atoms with van der Waals surface area (Å²) >= 11 is 6.07. The number of rotatable bonds is 5. The van der Waals surface area contributed by atoms with Gasteiger partial charge in [-0.15, -0.1) is 0 Å². The number of carbonyl (C=O) groups is 1. The summed E-state index contributed by atoms with van der Waals surface area (Å²) in [6.07, 6.45) is 0.380. The van der Waals surface area contributed by atoms with Gasteiger partial charge in [-0.05, 0) is 25.1 Å². The van der Waals surface area contributed by atoms with E-state index in [1.807, 2.05) is 6.92 Å². The van der Waals surface area contributed by atoms with Crippen molar-refractivity contribution < 1.29 is 14.3 Å². The molecule has 0 spiro atoms. The molecule has 1 aromatic carbocycles. The normalized spacial score (nSPS) is 18.6. The zero-order valence-corrected chi connectivity index (χ0v) is 12.2. The molecule has 1 unspecified atom stereocenters. The van der Waals surface area contributed by atoms with E-state index >= 15 is 0 Å². The first-order chi connectivity index (χ1) is 9.69. The summed E-state index contributed by atoms with van der Waals surface area (Å²) in [5.74, 6) is 0.558. The first kappa shape index (κ1) is 15.1. The number of anilines is 1. The van der Waals surface area contributed by atoms with Gasteiger partial charge in [0.15, 0.2) is 0 Å². The maximum absolute atomic E-state index is 11.9. The van der Waals surface area contributed by atoms with E-state index in [-0.39, 0.29) is 11.9 Å². The summed E-state index contributed by atoms with van der Waals surface area (Å²) in [6.45, 7) is 4.50. The Kier molecular flexibility index (Phi) is 5.64. The molecule has 1 aromatic rings. The number of morpholine rings is 1. The lowest BCUT2D eigenvalue weighted by Crippen LogP contribution is -2.43. The fraction of sp³-hybridized carbons (Fsp3) is 0.500. The number of amides is 1. The first-order valence-electron chi connectivity index (χ1n) is 6.72. The molecule has 0 aliphatic carbocycles. The van der Waals surface area contributed by atoms with Crippen molar-refractivity contribution in [3.8, 4) is 5.75 Å². The molecule has 1 heterocycles. The first-order valence-corrected chi connectivity index (χ1v) is 7.10. The maximum Gasteiger partial charge on any atom is 0.226 e. The van der Waals surface area contributed by atoms with E-state index in [0.29, 0.717) is 42.7 Å². The number of hydrogen-bond donors (Lipinski definition) is 2. The average molecular weight is 299 g/mol. The van der Waals surface area contributed by atoms with E-state index in [4.69, 9.17) is 21.1 Å². The lowest BCUT2D eigenvalue weighted by atomic mass is 10.2. The molecule has 6 heteroatoms. The molecule has 1 atom stereocenters. The van der Waals surface area contributed by atoms with Crippen LogP contribution >= 0.6 is 11.6 Å². The smallest absolute Gasteiger partial charge is 0.226 e. The van der Waals surface area contributed by atoms with Crippen LogP contribution in [0, 0.1) is 0 Å². The predicted octanol–water partition coefficient (Wildman–Crippen LogP) is 2.06. The second-order valence-electron chi connectivity index (χ2n) is 4.56. The third-order valence-corrected chi connectivity index (χ3v) is 3.24. The van der Waals surface area contributed by atoms with Crippen molar-refractivity contribution in [2.75, 3.05) is 31.7 Å². The maximum atomic E-state index is 11.9. The Morgan fingerprint density at radius 3 is 3.10 bits per heavy atom. The van der Waals surface area contributed by atoms with Crippen molar-refractivity contribution in [1.29, 1.82) is 0 Å². The monoisotopic (exact) mass is 298 g/mol. The second-order valence-corrected chi connectivity index (χ2v) is 4.96. The molecule has 2 N–H and O–H groups in total. The predicted molar refractivity (Wildman–Crippen MR) is 78.5 cm³/mol. The zero-order valence-electron chi connectivity index (χ0n) is 11.4.